The smallest absolute Gasteiger partial charge is 0.303 e. The van der Waals surface area contributed by atoms with Crippen molar-refractivity contribution < 1.29 is 14.3 Å². The lowest BCUT2D eigenvalue weighted by molar-refractivity contribution is -0.137. The molecule has 0 bridgehead atoms. The molecule has 1 unspecified atom stereocenters. The summed E-state index contributed by atoms with van der Waals surface area (Å²) in [7, 11) is 0. The second-order valence-corrected chi connectivity index (χ2v) is 6.16. The molecule has 1 N–H and O–H groups in total. The number of carboxylic acids is 1. The van der Waals surface area contributed by atoms with Crippen LogP contribution < -0.4 is 0 Å². The van der Waals surface area contributed by atoms with Crippen molar-refractivity contribution in [2.24, 2.45) is 0 Å². The Balaban J connectivity index is 1.64. The first-order valence-corrected chi connectivity index (χ1v) is 8.15. The minimum absolute atomic E-state index is 0.273. The van der Waals surface area contributed by atoms with Crippen LogP contribution in [0.4, 0.5) is 0 Å². The van der Waals surface area contributed by atoms with Crippen molar-refractivity contribution in [1.29, 1.82) is 0 Å². The highest BCUT2D eigenvalue weighted by atomic mass is 16.4. The minimum atomic E-state index is -0.695. The molecule has 0 radical (unpaired) electrons. The number of benzene rings is 1. The zero-order valence-corrected chi connectivity index (χ0v) is 12.8. The lowest BCUT2D eigenvalue weighted by Crippen LogP contribution is -2.38. The topological polar surface area (TPSA) is 53.7 Å². The van der Waals surface area contributed by atoms with Gasteiger partial charge in [0.15, 0.2) is 0 Å². The first kappa shape index (κ1) is 15.1. The van der Waals surface area contributed by atoms with Crippen molar-refractivity contribution in [3.63, 3.8) is 0 Å². The second-order valence-electron chi connectivity index (χ2n) is 6.16. The van der Waals surface area contributed by atoms with Gasteiger partial charge in [0, 0.05) is 17.8 Å². The van der Waals surface area contributed by atoms with Gasteiger partial charge in [-0.25, -0.2) is 0 Å². The standard InChI is InChI=1S/C18H23NO3/c20-18(21)10-5-8-15-7-3-4-11-19(15)13-16-12-14-6-1-2-9-17(14)22-16/h1-2,6,9,12,15H,3-5,7-8,10-11,13H2,(H,20,21). The Morgan fingerprint density at radius 1 is 1.32 bits per heavy atom. The van der Waals surface area contributed by atoms with Gasteiger partial charge in [0.2, 0.25) is 0 Å². The molecule has 2 heterocycles. The quantitative estimate of drug-likeness (QED) is 0.874. The summed E-state index contributed by atoms with van der Waals surface area (Å²) in [5.41, 5.74) is 0.942. The van der Waals surface area contributed by atoms with Gasteiger partial charge in [0.05, 0.1) is 6.54 Å². The SMILES string of the molecule is O=C(O)CCCC1CCCCN1Cc1cc2ccccc2o1. The number of furan rings is 1. The summed E-state index contributed by atoms with van der Waals surface area (Å²) in [5.74, 6) is 0.311. The number of hydrogen-bond donors (Lipinski definition) is 1. The summed E-state index contributed by atoms with van der Waals surface area (Å²) < 4.78 is 5.93. The molecule has 1 aromatic carbocycles. The van der Waals surface area contributed by atoms with Crippen molar-refractivity contribution in [1.82, 2.24) is 4.90 Å². The first-order chi connectivity index (χ1) is 10.7. The highest BCUT2D eigenvalue weighted by Crippen LogP contribution is 2.26. The van der Waals surface area contributed by atoms with Crippen LogP contribution in [0.5, 0.6) is 0 Å². The summed E-state index contributed by atoms with van der Waals surface area (Å²) in [6.45, 7) is 1.90. The van der Waals surface area contributed by atoms with Gasteiger partial charge in [0.25, 0.3) is 0 Å². The molecule has 0 aliphatic carbocycles. The Morgan fingerprint density at radius 2 is 2.18 bits per heavy atom. The van der Waals surface area contributed by atoms with E-state index in [-0.39, 0.29) is 6.42 Å². The van der Waals surface area contributed by atoms with E-state index in [1.54, 1.807) is 0 Å². The molecule has 0 saturated carbocycles. The van der Waals surface area contributed by atoms with Gasteiger partial charge in [-0.2, -0.15) is 0 Å². The molecule has 1 aliphatic heterocycles. The van der Waals surface area contributed by atoms with Gasteiger partial charge >= 0.3 is 5.97 Å². The fraction of sp³-hybridized carbons (Fsp3) is 0.500. The van der Waals surface area contributed by atoms with Crippen LogP contribution in [0.15, 0.2) is 34.7 Å². The molecule has 1 saturated heterocycles. The molecule has 1 aromatic heterocycles. The van der Waals surface area contributed by atoms with Crippen molar-refractivity contribution in [3.05, 3.63) is 36.1 Å². The molecule has 118 valence electrons. The second kappa shape index (κ2) is 6.97. The predicted molar refractivity (Wildman–Crippen MR) is 85.7 cm³/mol. The third-order valence-corrected chi connectivity index (χ3v) is 4.51. The molecule has 4 nitrogen and oxygen atoms in total. The minimum Gasteiger partial charge on any atom is -0.481 e. The monoisotopic (exact) mass is 301 g/mol. The number of aliphatic carboxylic acids is 1. The van der Waals surface area contributed by atoms with Gasteiger partial charge in [-0.1, -0.05) is 24.6 Å². The summed E-state index contributed by atoms with van der Waals surface area (Å²) in [6, 6.07) is 10.7. The van der Waals surface area contributed by atoms with Crippen LogP contribution in [0.3, 0.4) is 0 Å². The zero-order valence-electron chi connectivity index (χ0n) is 12.8. The highest BCUT2D eigenvalue weighted by Gasteiger charge is 2.23. The van der Waals surface area contributed by atoms with Crippen LogP contribution in [0.25, 0.3) is 11.0 Å². The van der Waals surface area contributed by atoms with Gasteiger partial charge < -0.3 is 9.52 Å². The number of likely N-dealkylation sites (tertiary alicyclic amines) is 1. The van der Waals surface area contributed by atoms with E-state index in [0.717, 1.165) is 42.7 Å². The van der Waals surface area contributed by atoms with E-state index < -0.39 is 5.97 Å². The fourth-order valence-corrected chi connectivity index (χ4v) is 3.40. The molecular formula is C18H23NO3. The lowest BCUT2D eigenvalue weighted by atomic mass is 9.97. The van der Waals surface area contributed by atoms with E-state index >= 15 is 0 Å². The van der Waals surface area contributed by atoms with E-state index in [4.69, 9.17) is 9.52 Å². The number of rotatable bonds is 6. The van der Waals surface area contributed by atoms with Crippen molar-refractivity contribution in [3.8, 4) is 0 Å². The summed E-state index contributed by atoms with van der Waals surface area (Å²) in [6.07, 6.45) is 5.63. The number of hydrogen-bond acceptors (Lipinski definition) is 3. The van der Waals surface area contributed by atoms with Gasteiger partial charge in [0.1, 0.15) is 11.3 Å². The van der Waals surface area contributed by atoms with Crippen LogP contribution in [0.2, 0.25) is 0 Å². The molecule has 2 aromatic rings. The molecular weight excluding hydrogens is 278 g/mol. The summed E-state index contributed by atoms with van der Waals surface area (Å²) in [5, 5.41) is 9.95. The lowest BCUT2D eigenvalue weighted by Gasteiger charge is -2.35. The van der Waals surface area contributed by atoms with Gasteiger partial charge in [-0.05, 0) is 44.4 Å². The molecule has 1 atom stereocenters. The largest absolute Gasteiger partial charge is 0.481 e. The predicted octanol–water partition coefficient (Wildman–Crippen LogP) is 4.04. The van der Waals surface area contributed by atoms with E-state index in [1.165, 1.54) is 19.3 Å². The highest BCUT2D eigenvalue weighted by molar-refractivity contribution is 5.77. The number of para-hydroxylation sites is 1. The third kappa shape index (κ3) is 3.69. The van der Waals surface area contributed by atoms with Crippen LogP contribution in [-0.2, 0) is 11.3 Å². The Morgan fingerprint density at radius 3 is 3.00 bits per heavy atom. The number of piperidine rings is 1. The Hall–Kier alpha value is -1.81. The number of carbonyl (C=O) groups is 1. The maximum atomic E-state index is 10.7. The summed E-state index contributed by atoms with van der Waals surface area (Å²) >= 11 is 0. The molecule has 0 spiro atoms. The average molecular weight is 301 g/mol. The fourth-order valence-electron chi connectivity index (χ4n) is 3.40. The molecule has 1 aliphatic rings. The maximum Gasteiger partial charge on any atom is 0.303 e. The van der Waals surface area contributed by atoms with E-state index in [0.29, 0.717) is 6.04 Å². The Labute approximate surface area is 130 Å². The van der Waals surface area contributed by atoms with Crippen molar-refractivity contribution in [2.75, 3.05) is 6.54 Å². The van der Waals surface area contributed by atoms with E-state index in [2.05, 4.69) is 17.0 Å². The van der Waals surface area contributed by atoms with E-state index in [9.17, 15) is 4.79 Å². The van der Waals surface area contributed by atoms with Crippen LogP contribution >= 0.6 is 0 Å². The summed E-state index contributed by atoms with van der Waals surface area (Å²) in [4.78, 5) is 13.1. The van der Waals surface area contributed by atoms with Gasteiger partial charge in [-0.15, -0.1) is 0 Å². The van der Waals surface area contributed by atoms with Crippen LogP contribution in [0, 0.1) is 0 Å². The van der Waals surface area contributed by atoms with Crippen molar-refractivity contribution >= 4 is 16.9 Å². The normalized spacial score (nSPS) is 19.5. The maximum absolute atomic E-state index is 10.7. The molecule has 3 rings (SSSR count). The van der Waals surface area contributed by atoms with Crippen LogP contribution in [-0.4, -0.2) is 28.6 Å². The number of nitrogens with zero attached hydrogens (tertiary/aromatic N) is 1. The molecule has 1 fully saturated rings. The van der Waals surface area contributed by atoms with E-state index in [1.807, 2.05) is 18.2 Å². The van der Waals surface area contributed by atoms with Gasteiger partial charge in [-0.3, -0.25) is 9.69 Å². The number of fused-ring (bicyclic) bond motifs is 1. The molecule has 4 heteroatoms. The molecule has 0 amide bonds. The zero-order chi connectivity index (χ0) is 15.4. The van der Waals surface area contributed by atoms with Crippen molar-refractivity contribution in [2.45, 2.75) is 51.1 Å². The average Bonchev–Trinajstić information content (AvgIpc) is 2.91. The van der Waals surface area contributed by atoms with Crippen LogP contribution in [0.1, 0.15) is 44.3 Å². The third-order valence-electron chi connectivity index (χ3n) is 4.51. The number of carboxylic acid groups (broad SMARTS) is 1. The Kier molecular flexibility index (Phi) is 4.78. The first-order valence-electron chi connectivity index (χ1n) is 8.15. The molecule has 22 heavy (non-hydrogen) atoms. The Bertz CT molecular complexity index is 601.